The summed E-state index contributed by atoms with van der Waals surface area (Å²) in [7, 11) is 5.33. The van der Waals surface area contributed by atoms with E-state index in [9.17, 15) is 15.0 Å². The number of carbonyl (C=O) groups excluding carboxylic acids is 1. The van der Waals surface area contributed by atoms with E-state index in [0.29, 0.717) is 29.8 Å². The third-order valence-corrected chi connectivity index (χ3v) is 6.43. The normalized spacial score (nSPS) is 23.1. The Bertz CT molecular complexity index is 1130. The molecule has 5 atom stereocenters. The summed E-state index contributed by atoms with van der Waals surface area (Å²) >= 11 is 0. The van der Waals surface area contributed by atoms with Crippen molar-refractivity contribution in [2.24, 2.45) is 11.7 Å². The van der Waals surface area contributed by atoms with Gasteiger partial charge in [-0.2, -0.15) is 0 Å². The molecular weight excluding hydrogens is 438 g/mol. The SMILES string of the molecule is COc1ccc(C[C@H](N)C(=O)N[C@@H]2[C@H](CO)C[C@@H](n3cnc4c(N(C)C)ncnc43)[C@@H]2O)cc1. The number of benzene rings is 1. The molecule has 4 rings (SSSR count). The highest BCUT2D eigenvalue weighted by Crippen LogP contribution is 2.37. The van der Waals surface area contributed by atoms with Gasteiger partial charge in [0.1, 0.15) is 12.1 Å². The second-order valence-corrected chi connectivity index (χ2v) is 8.85. The highest BCUT2D eigenvalue weighted by molar-refractivity contribution is 5.83. The molecule has 1 amide bonds. The molecule has 1 aliphatic carbocycles. The molecule has 11 nitrogen and oxygen atoms in total. The molecule has 34 heavy (non-hydrogen) atoms. The van der Waals surface area contributed by atoms with E-state index in [2.05, 4.69) is 20.3 Å². The van der Waals surface area contributed by atoms with Crippen molar-refractivity contribution >= 4 is 22.9 Å². The number of imidazole rings is 1. The molecule has 1 fully saturated rings. The molecule has 0 radical (unpaired) electrons. The molecule has 0 saturated heterocycles. The summed E-state index contributed by atoms with van der Waals surface area (Å²) in [5.74, 6) is 0.670. The van der Waals surface area contributed by atoms with Crippen LogP contribution in [0.4, 0.5) is 5.82 Å². The van der Waals surface area contributed by atoms with Crippen LogP contribution in [0.2, 0.25) is 0 Å². The van der Waals surface area contributed by atoms with Crippen LogP contribution in [0.25, 0.3) is 11.2 Å². The fraction of sp³-hybridized carbons (Fsp3) is 0.478. The molecule has 0 spiro atoms. The first-order valence-corrected chi connectivity index (χ1v) is 11.2. The zero-order valence-electron chi connectivity index (χ0n) is 19.5. The first-order chi connectivity index (χ1) is 16.3. The van der Waals surface area contributed by atoms with Gasteiger partial charge < -0.3 is 35.5 Å². The van der Waals surface area contributed by atoms with Gasteiger partial charge in [0.15, 0.2) is 17.0 Å². The molecular formula is C23H31N7O4. The monoisotopic (exact) mass is 469 g/mol. The molecule has 0 bridgehead atoms. The van der Waals surface area contributed by atoms with Crippen molar-refractivity contribution in [2.45, 2.75) is 37.1 Å². The van der Waals surface area contributed by atoms with Crippen molar-refractivity contribution in [3.8, 4) is 5.75 Å². The summed E-state index contributed by atoms with van der Waals surface area (Å²) in [6.07, 6.45) is 2.90. The first-order valence-electron chi connectivity index (χ1n) is 11.2. The van der Waals surface area contributed by atoms with Gasteiger partial charge in [-0.25, -0.2) is 15.0 Å². The smallest absolute Gasteiger partial charge is 0.237 e. The van der Waals surface area contributed by atoms with Gasteiger partial charge in [0.2, 0.25) is 5.91 Å². The Kier molecular flexibility index (Phi) is 6.96. The van der Waals surface area contributed by atoms with Crippen LogP contribution >= 0.6 is 0 Å². The summed E-state index contributed by atoms with van der Waals surface area (Å²) < 4.78 is 6.95. The number of aliphatic hydroxyl groups excluding tert-OH is 2. The molecule has 1 aromatic carbocycles. The number of hydrogen-bond acceptors (Lipinski definition) is 9. The predicted molar refractivity (Wildman–Crippen MR) is 126 cm³/mol. The van der Waals surface area contributed by atoms with E-state index in [4.69, 9.17) is 10.5 Å². The first kappa shape index (κ1) is 23.9. The maximum atomic E-state index is 12.9. The number of hydrogen-bond donors (Lipinski definition) is 4. The third-order valence-electron chi connectivity index (χ3n) is 6.43. The summed E-state index contributed by atoms with van der Waals surface area (Å²) in [6.45, 7) is -0.184. The minimum Gasteiger partial charge on any atom is -0.497 e. The molecule has 0 unspecified atom stereocenters. The number of rotatable bonds is 8. The van der Waals surface area contributed by atoms with Gasteiger partial charge in [-0.3, -0.25) is 4.79 Å². The number of nitrogens with two attached hydrogens (primary N) is 1. The van der Waals surface area contributed by atoms with Gasteiger partial charge in [0, 0.05) is 26.6 Å². The molecule has 1 aliphatic rings. The Morgan fingerprint density at radius 3 is 2.68 bits per heavy atom. The number of aliphatic hydroxyl groups is 2. The number of methoxy groups -OCH3 is 1. The Morgan fingerprint density at radius 1 is 1.29 bits per heavy atom. The van der Waals surface area contributed by atoms with Gasteiger partial charge in [-0.05, 0) is 30.5 Å². The summed E-state index contributed by atoms with van der Waals surface area (Å²) in [5, 5.41) is 24.0. The third kappa shape index (κ3) is 4.54. The van der Waals surface area contributed by atoms with Crippen LogP contribution in [-0.4, -0.2) is 81.6 Å². The van der Waals surface area contributed by atoms with Crippen LogP contribution in [0.5, 0.6) is 5.75 Å². The fourth-order valence-corrected chi connectivity index (χ4v) is 4.57. The van der Waals surface area contributed by atoms with Crippen molar-refractivity contribution in [1.82, 2.24) is 24.8 Å². The maximum Gasteiger partial charge on any atom is 0.237 e. The minimum atomic E-state index is -0.954. The summed E-state index contributed by atoms with van der Waals surface area (Å²) in [6, 6.07) is 5.46. The average Bonchev–Trinajstić information content (AvgIpc) is 3.40. The Hall–Kier alpha value is -3.28. The Balaban J connectivity index is 1.49. The van der Waals surface area contributed by atoms with Gasteiger partial charge >= 0.3 is 0 Å². The molecule has 0 aliphatic heterocycles. The zero-order valence-corrected chi connectivity index (χ0v) is 19.5. The van der Waals surface area contributed by atoms with Crippen molar-refractivity contribution in [2.75, 3.05) is 32.7 Å². The van der Waals surface area contributed by atoms with E-state index in [1.54, 1.807) is 18.0 Å². The number of nitrogens with one attached hydrogen (secondary N) is 1. The number of anilines is 1. The van der Waals surface area contributed by atoms with E-state index >= 15 is 0 Å². The van der Waals surface area contributed by atoms with Crippen LogP contribution in [0, 0.1) is 5.92 Å². The number of nitrogens with zero attached hydrogens (tertiary/aromatic N) is 5. The van der Waals surface area contributed by atoms with E-state index in [1.807, 2.05) is 43.3 Å². The van der Waals surface area contributed by atoms with E-state index in [1.165, 1.54) is 6.33 Å². The fourth-order valence-electron chi connectivity index (χ4n) is 4.57. The quantitative estimate of drug-likeness (QED) is 0.353. The molecule has 3 aromatic rings. The van der Waals surface area contributed by atoms with E-state index < -0.39 is 24.2 Å². The van der Waals surface area contributed by atoms with Gasteiger partial charge in [-0.1, -0.05) is 12.1 Å². The van der Waals surface area contributed by atoms with Gasteiger partial charge in [0.25, 0.3) is 0 Å². The number of ether oxygens (including phenoxy) is 1. The lowest BCUT2D eigenvalue weighted by molar-refractivity contribution is -0.124. The topological polar surface area (TPSA) is 152 Å². The summed E-state index contributed by atoms with van der Waals surface area (Å²) in [4.78, 5) is 27.8. The molecule has 2 aromatic heterocycles. The number of aromatic nitrogens is 4. The molecule has 11 heteroatoms. The highest BCUT2D eigenvalue weighted by Gasteiger charge is 2.44. The molecule has 5 N–H and O–H groups in total. The molecule has 182 valence electrons. The maximum absolute atomic E-state index is 12.9. The minimum absolute atomic E-state index is 0.184. The van der Waals surface area contributed by atoms with Crippen LogP contribution in [0.1, 0.15) is 18.0 Å². The van der Waals surface area contributed by atoms with Crippen molar-refractivity contribution in [3.63, 3.8) is 0 Å². The van der Waals surface area contributed by atoms with Crippen LogP contribution in [0.3, 0.4) is 0 Å². The van der Waals surface area contributed by atoms with E-state index in [-0.39, 0.29) is 18.4 Å². The standard InChI is InChI=1S/C23H31N7O4/c1-29(2)21-19-22(26-11-25-21)30(12-27-19)17-9-14(10-31)18(20(17)32)28-23(33)16(24)8-13-4-6-15(34-3)7-5-13/h4-7,11-12,14,16-18,20,31-32H,8-10,24H2,1-3H3,(H,28,33)/t14-,16-,17+,18+,20-/m0/s1. The van der Waals surface area contributed by atoms with Crippen molar-refractivity contribution in [1.29, 1.82) is 0 Å². The second kappa shape index (κ2) is 9.92. The lowest BCUT2D eigenvalue weighted by Crippen LogP contribution is -2.52. The molecule has 2 heterocycles. The Labute approximate surface area is 197 Å². The lowest BCUT2D eigenvalue weighted by Gasteiger charge is -2.25. The van der Waals surface area contributed by atoms with Crippen molar-refractivity contribution in [3.05, 3.63) is 42.5 Å². The number of amides is 1. The van der Waals surface area contributed by atoms with Crippen LogP contribution in [0.15, 0.2) is 36.9 Å². The van der Waals surface area contributed by atoms with Gasteiger partial charge in [-0.15, -0.1) is 0 Å². The average molecular weight is 470 g/mol. The van der Waals surface area contributed by atoms with Crippen LogP contribution < -0.4 is 20.7 Å². The van der Waals surface area contributed by atoms with Gasteiger partial charge in [0.05, 0.1) is 37.7 Å². The number of fused-ring (bicyclic) bond motifs is 1. The van der Waals surface area contributed by atoms with E-state index in [0.717, 1.165) is 11.3 Å². The molecule has 1 saturated carbocycles. The second-order valence-electron chi connectivity index (χ2n) is 8.85. The van der Waals surface area contributed by atoms with Crippen LogP contribution in [-0.2, 0) is 11.2 Å². The Morgan fingerprint density at radius 2 is 2.03 bits per heavy atom. The zero-order chi connectivity index (χ0) is 24.4. The van der Waals surface area contributed by atoms with Crippen molar-refractivity contribution < 1.29 is 19.7 Å². The highest BCUT2D eigenvalue weighted by atomic mass is 16.5. The predicted octanol–water partition coefficient (Wildman–Crippen LogP) is -0.130. The summed E-state index contributed by atoms with van der Waals surface area (Å²) in [5.41, 5.74) is 8.26. The number of carbonyl (C=O) groups is 1. The largest absolute Gasteiger partial charge is 0.497 e. The lowest BCUT2D eigenvalue weighted by atomic mass is 10.0.